The molecule has 1 N–H and O–H groups in total. The number of piperidine rings is 1. The molecular weight excluding hydrogens is 442 g/mol. The van der Waals surface area contributed by atoms with Gasteiger partial charge in [0.25, 0.3) is 5.91 Å². The highest BCUT2D eigenvalue weighted by Gasteiger charge is 2.31. The van der Waals surface area contributed by atoms with Crippen molar-refractivity contribution in [2.45, 2.75) is 25.2 Å². The van der Waals surface area contributed by atoms with E-state index >= 15 is 0 Å². The van der Waals surface area contributed by atoms with Crippen molar-refractivity contribution in [2.24, 2.45) is 11.8 Å². The topological polar surface area (TPSA) is 79.4 Å². The van der Waals surface area contributed by atoms with E-state index in [0.717, 1.165) is 16.6 Å². The van der Waals surface area contributed by atoms with Gasteiger partial charge in [0, 0.05) is 23.7 Å². The quantitative estimate of drug-likeness (QED) is 0.598. The maximum atomic E-state index is 13.0. The molecular formula is C21H22ClN3O3S2. The van der Waals surface area contributed by atoms with Gasteiger partial charge < -0.3 is 0 Å². The molecule has 1 aliphatic heterocycles. The number of nitrogens with one attached hydrogen (secondary N) is 1. The maximum Gasteiger partial charge on any atom is 0.257 e. The van der Waals surface area contributed by atoms with E-state index in [1.54, 1.807) is 22.5 Å². The van der Waals surface area contributed by atoms with Crippen molar-refractivity contribution in [1.82, 2.24) is 9.29 Å². The number of benzene rings is 2. The van der Waals surface area contributed by atoms with Gasteiger partial charge in [-0.05, 0) is 60.7 Å². The van der Waals surface area contributed by atoms with Crippen LogP contribution in [-0.2, 0) is 10.0 Å². The number of halogens is 1. The van der Waals surface area contributed by atoms with Crippen LogP contribution in [0.1, 0.15) is 30.6 Å². The molecule has 0 unspecified atom stereocenters. The van der Waals surface area contributed by atoms with Gasteiger partial charge in [0.15, 0.2) is 5.13 Å². The molecule has 1 amide bonds. The van der Waals surface area contributed by atoms with Crippen LogP contribution in [0.3, 0.4) is 0 Å². The zero-order valence-electron chi connectivity index (χ0n) is 16.6. The Hall–Kier alpha value is -2.00. The lowest BCUT2D eigenvalue weighted by Gasteiger charge is -2.34. The van der Waals surface area contributed by atoms with Gasteiger partial charge in [-0.2, -0.15) is 4.31 Å². The third kappa shape index (κ3) is 4.37. The predicted molar refractivity (Wildman–Crippen MR) is 121 cm³/mol. The molecule has 0 radical (unpaired) electrons. The smallest absolute Gasteiger partial charge is 0.257 e. The molecule has 1 aliphatic rings. The molecule has 0 saturated carbocycles. The fourth-order valence-electron chi connectivity index (χ4n) is 3.85. The molecule has 3 aromatic rings. The summed E-state index contributed by atoms with van der Waals surface area (Å²) < 4.78 is 28.4. The van der Waals surface area contributed by atoms with E-state index in [1.165, 1.54) is 35.6 Å². The SMILES string of the molecule is C[C@H]1C[C@H](C)CN(S(=O)(=O)c2ccc(C(=O)Nc3nc4ccc(Cl)cc4s3)cc2)C1. The summed E-state index contributed by atoms with van der Waals surface area (Å²) >= 11 is 7.32. The minimum absolute atomic E-state index is 0.204. The minimum Gasteiger partial charge on any atom is -0.298 e. The summed E-state index contributed by atoms with van der Waals surface area (Å²) in [7, 11) is -3.57. The molecule has 1 saturated heterocycles. The van der Waals surface area contributed by atoms with Crippen molar-refractivity contribution in [2.75, 3.05) is 18.4 Å². The number of sulfonamides is 1. The first-order valence-corrected chi connectivity index (χ1v) is 12.3. The molecule has 1 aromatic heterocycles. The number of hydrogen-bond donors (Lipinski definition) is 1. The number of thiazole rings is 1. The number of nitrogens with zero attached hydrogens (tertiary/aromatic N) is 2. The van der Waals surface area contributed by atoms with E-state index < -0.39 is 10.0 Å². The molecule has 0 bridgehead atoms. The lowest BCUT2D eigenvalue weighted by atomic mass is 9.94. The van der Waals surface area contributed by atoms with E-state index in [0.29, 0.717) is 40.6 Å². The molecule has 2 atom stereocenters. The average molecular weight is 464 g/mol. The lowest BCUT2D eigenvalue weighted by Crippen LogP contribution is -2.42. The highest BCUT2D eigenvalue weighted by atomic mass is 35.5. The van der Waals surface area contributed by atoms with Crippen molar-refractivity contribution in [3.05, 3.63) is 53.1 Å². The van der Waals surface area contributed by atoms with Gasteiger partial charge in [-0.25, -0.2) is 13.4 Å². The van der Waals surface area contributed by atoms with Gasteiger partial charge in [0.1, 0.15) is 0 Å². The molecule has 30 heavy (non-hydrogen) atoms. The summed E-state index contributed by atoms with van der Waals surface area (Å²) in [5, 5.41) is 3.84. The molecule has 0 aliphatic carbocycles. The van der Waals surface area contributed by atoms with Gasteiger partial charge in [-0.1, -0.05) is 36.8 Å². The molecule has 2 aromatic carbocycles. The van der Waals surface area contributed by atoms with Crippen molar-refractivity contribution in [3.8, 4) is 0 Å². The number of carbonyl (C=O) groups excluding carboxylic acids is 1. The van der Waals surface area contributed by atoms with Gasteiger partial charge in [-0.3, -0.25) is 10.1 Å². The summed E-state index contributed by atoms with van der Waals surface area (Å²) in [6.45, 7) is 5.19. The fraction of sp³-hybridized carbons (Fsp3) is 0.333. The number of carbonyl (C=O) groups is 1. The van der Waals surface area contributed by atoms with Crippen LogP contribution in [-0.4, -0.2) is 36.7 Å². The molecule has 2 heterocycles. The Kier molecular flexibility index (Phi) is 5.85. The maximum absolute atomic E-state index is 13.0. The van der Waals surface area contributed by atoms with Crippen LogP contribution in [0, 0.1) is 11.8 Å². The number of rotatable bonds is 4. The minimum atomic E-state index is -3.57. The van der Waals surface area contributed by atoms with Gasteiger partial charge in [-0.15, -0.1) is 0 Å². The zero-order valence-corrected chi connectivity index (χ0v) is 19.0. The third-order valence-electron chi connectivity index (χ3n) is 5.16. The summed E-state index contributed by atoms with van der Waals surface area (Å²) in [4.78, 5) is 17.2. The first-order chi connectivity index (χ1) is 14.2. The standard InChI is InChI=1S/C21H22ClN3O3S2/c1-13-9-14(2)12-25(11-13)30(27,28)17-6-3-15(4-7-17)20(26)24-21-23-18-8-5-16(22)10-19(18)29-21/h3-8,10,13-14H,9,11-12H2,1-2H3,(H,23,24,26)/t13-,14-/m0/s1. The van der Waals surface area contributed by atoms with E-state index in [4.69, 9.17) is 11.6 Å². The average Bonchev–Trinajstić information content (AvgIpc) is 3.08. The Morgan fingerprint density at radius 2 is 1.80 bits per heavy atom. The second kappa shape index (κ2) is 8.26. The fourth-order valence-corrected chi connectivity index (χ4v) is 6.67. The summed E-state index contributed by atoms with van der Waals surface area (Å²) in [6.07, 6.45) is 1.03. The van der Waals surface area contributed by atoms with Crippen LogP contribution >= 0.6 is 22.9 Å². The molecule has 1 fully saturated rings. The summed E-state index contributed by atoms with van der Waals surface area (Å²) in [6, 6.07) is 11.4. The number of aromatic nitrogens is 1. The normalized spacial score (nSPS) is 20.4. The molecule has 0 spiro atoms. The predicted octanol–water partition coefficient (Wildman–Crippen LogP) is 4.87. The van der Waals surface area contributed by atoms with E-state index in [1.807, 2.05) is 0 Å². The highest BCUT2D eigenvalue weighted by Crippen LogP contribution is 2.29. The Labute approximate surface area is 184 Å². The second-order valence-electron chi connectivity index (χ2n) is 7.88. The Bertz CT molecular complexity index is 1180. The third-order valence-corrected chi connectivity index (χ3v) is 8.18. The van der Waals surface area contributed by atoms with Crippen molar-refractivity contribution in [1.29, 1.82) is 0 Å². The Morgan fingerprint density at radius 1 is 1.13 bits per heavy atom. The first-order valence-electron chi connectivity index (χ1n) is 9.70. The van der Waals surface area contributed by atoms with E-state index in [-0.39, 0.29) is 10.8 Å². The largest absolute Gasteiger partial charge is 0.298 e. The van der Waals surface area contributed by atoms with Crippen molar-refractivity contribution in [3.63, 3.8) is 0 Å². The Balaban J connectivity index is 1.50. The van der Waals surface area contributed by atoms with Crippen molar-refractivity contribution >= 4 is 54.2 Å². The van der Waals surface area contributed by atoms with E-state index in [9.17, 15) is 13.2 Å². The highest BCUT2D eigenvalue weighted by molar-refractivity contribution is 7.89. The van der Waals surface area contributed by atoms with Gasteiger partial charge in [0.2, 0.25) is 10.0 Å². The summed E-state index contributed by atoms with van der Waals surface area (Å²) in [5.74, 6) is 0.318. The number of fused-ring (bicyclic) bond motifs is 1. The summed E-state index contributed by atoms with van der Waals surface area (Å²) in [5.41, 5.74) is 1.12. The molecule has 6 nitrogen and oxygen atoms in total. The number of amides is 1. The first kappa shape index (κ1) is 21.2. The molecule has 4 rings (SSSR count). The van der Waals surface area contributed by atoms with Crippen LogP contribution < -0.4 is 5.32 Å². The van der Waals surface area contributed by atoms with Gasteiger partial charge >= 0.3 is 0 Å². The van der Waals surface area contributed by atoms with Crippen LogP contribution in [0.2, 0.25) is 5.02 Å². The van der Waals surface area contributed by atoms with Crippen LogP contribution in [0.15, 0.2) is 47.4 Å². The van der Waals surface area contributed by atoms with Crippen LogP contribution in [0.5, 0.6) is 0 Å². The number of anilines is 1. The van der Waals surface area contributed by atoms with Gasteiger partial charge in [0.05, 0.1) is 15.1 Å². The molecule has 158 valence electrons. The zero-order chi connectivity index (χ0) is 21.5. The van der Waals surface area contributed by atoms with Crippen molar-refractivity contribution < 1.29 is 13.2 Å². The van der Waals surface area contributed by atoms with Crippen LogP contribution in [0.25, 0.3) is 10.2 Å². The molecule has 9 heteroatoms. The monoisotopic (exact) mass is 463 g/mol. The second-order valence-corrected chi connectivity index (χ2v) is 11.3. The van der Waals surface area contributed by atoms with Crippen LogP contribution in [0.4, 0.5) is 5.13 Å². The number of hydrogen-bond acceptors (Lipinski definition) is 5. The Morgan fingerprint density at radius 3 is 2.47 bits per heavy atom. The van der Waals surface area contributed by atoms with E-state index in [2.05, 4.69) is 24.1 Å². The lowest BCUT2D eigenvalue weighted by molar-refractivity contribution is 0.102.